The fourth-order valence-corrected chi connectivity index (χ4v) is 3.05. The van der Waals surface area contributed by atoms with E-state index in [1.54, 1.807) is 14.2 Å². The van der Waals surface area contributed by atoms with Gasteiger partial charge in [-0.2, -0.15) is 13.2 Å². The quantitative estimate of drug-likeness (QED) is 0.222. The van der Waals surface area contributed by atoms with Gasteiger partial charge in [-0.1, -0.05) is 0 Å². The molecule has 0 saturated carbocycles. The molecule has 0 radical (unpaired) electrons. The Kier molecular flexibility index (Phi) is 12.3. The molecule has 0 bridgehead atoms. The number of alkyl halides is 3. The molecule has 1 aromatic rings. The minimum Gasteiger partial charge on any atom is -0.475 e. The van der Waals surface area contributed by atoms with Crippen LogP contribution in [0.2, 0.25) is 0 Å². The van der Waals surface area contributed by atoms with Gasteiger partial charge < -0.3 is 24.4 Å². The van der Waals surface area contributed by atoms with E-state index in [1.807, 2.05) is 0 Å². The summed E-state index contributed by atoms with van der Waals surface area (Å²) < 4.78 is 54.9. The largest absolute Gasteiger partial charge is 0.475 e. The average molecular weight is 546 g/mol. The number of rotatable bonds is 9. The minimum atomic E-state index is -4.50. The molecule has 0 aromatic carbocycles. The number of methoxy groups -OCH3 is 1. The molecule has 0 atom stereocenters. The summed E-state index contributed by atoms with van der Waals surface area (Å²) in [6.45, 7) is 3.34. The Labute approximate surface area is 192 Å². The Balaban J connectivity index is 0.00000450. The standard InChI is InChI=1S/C19H29F3N4O3.HI/c1-23-18(26-10-6-15(7-11-26)28-13-4-12-27-2)25-9-14-29-17-16(19(20,21)22)5-3-8-24-17;/h3,5,8,15H,4,6-7,9-14H2,1-2H3,(H,23,25);1H. The summed E-state index contributed by atoms with van der Waals surface area (Å²) in [6.07, 6.45) is -0.317. The number of guanidine groups is 1. The SMILES string of the molecule is CN=C(NCCOc1ncccc1C(F)(F)F)N1CCC(OCCCOC)CC1.I. The fourth-order valence-electron chi connectivity index (χ4n) is 3.05. The molecular weight excluding hydrogens is 516 g/mol. The Hall–Kier alpha value is -1.34. The van der Waals surface area contributed by atoms with Crippen LogP contribution in [0.25, 0.3) is 0 Å². The average Bonchev–Trinajstić information content (AvgIpc) is 2.71. The van der Waals surface area contributed by atoms with E-state index in [4.69, 9.17) is 14.2 Å². The van der Waals surface area contributed by atoms with Crippen molar-refractivity contribution in [1.29, 1.82) is 0 Å². The molecule has 1 fully saturated rings. The van der Waals surface area contributed by atoms with E-state index < -0.39 is 17.6 Å². The lowest BCUT2D eigenvalue weighted by Crippen LogP contribution is -2.47. The lowest BCUT2D eigenvalue weighted by Gasteiger charge is -2.34. The van der Waals surface area contributed by atoms with Gasteiger partial charge in [-0.3, -0.25) is 4.99 Å². The number of nitrogens with zero attached hydrogens (tertiary/aromatic N) is 3. The third kappa shape index (κ3) is 8.80. The number of likely N-dealkylation sites (tertiary alicyclic amines) is 1. The number of hydrogen-bond acceptors (Lipinski definition) is 5. The molecule has 1 aromatic heterocycles. The summed E-state index contributed by atoms with van der Waals surface area (Å²) in [6, 6.07) is 2.19. The number of nitrogens with one attached hydrogen (secondary N) is 1. The number of piperidine rings is 1. The summed E-state index contributed by atoms with van der Waals surface area (Å²) in [5.74, 6) is 0.284. The van der Waals surface area contributed by atoms with E-state index in [0.717, 1.165) is 38.4 Å². The normalized spacial score (nSPS) is 15.6. The second-order valence-corrected chi connectivity index (χ2v) is 6.58. The molecule has 172 valence electrons. The van der Waals surface area contributed by atoms with Crippen LogP contribution >= 0.6 is 24.0 Å². The van der Waals surface area contributed by atoms with Gasteiger partial charge in [0, 0.05) is 46.7 Å². The van der Waals surface area contributed by atoms with Crippen molar-refractivity contribution in [3.63, 3.8) is 0 Å². The van der Waals surface area contributed by atoms with Crippen LogP contribution in [0.1, 0.15) is 24.8 Å². The van der Waals surface area contributed by atoms with Crippen molar-refractivity contribution in [3.8, 4) is 5.88 Å². The minimum absolute atomic E-state index is 0. The van der Waals surface area contributed by atoms with Crippen molar-refractivity contribution < 1.29 is 27.4 Å². The van der Waals surface area contributed by atoms with Gasteiger partial charge in [0.15, 0.2) is 5.96 Å². The number of ether oxygens (including phenoxy) is 3. The van der Waals surface area contributed by atoms with Crippen molar-refractivity contribution in [3.05, 3.63) is 23.9 Å². The molecule has 0 spiro atoms. The molecular formula is C19H30F3IN4O3. The van der Waals surface area contributed by atoms with Gasteiger partial charge in [-0.05, 0) is 31.4 Å². The first-order chi connectivity index (χ1) is 14.0. The molecule has 30 heavy (non-hydrogen) atoms. The van der Waals surface area contributed by atoms with E-state index >= 15 is 0 Å². The number of hydrogen-bond donors (Lipinski definition) is 1. The molecule has 0 aliphatic carbocycles. The number of halogens is 4. The molecule has 1 saturated heterocycles. The van der Waals surface area contributed by atoms with Crippen molar-refractivity contribution >= 4 is 29.9 Å². The molecule has 1 aliphatic rings. The maximum atomic E-state index is 13.0. The summed E-state index contributed by atoms with van der Waals surface area (Å²) in [4.78, 5) is 10.0. The van der Waals surface area contributed by atoms with E-state index in [9.17, 15) is 13.2 Å². The zero-order valence-electron chi connectivity index (χ0n) is 17.3. The Morgan fingerprint density at radius 2 is 2.00 bits per heavy atom. The van der Waals surface area contributed by atoms with E-state index in [0.29, 0.717) is 25.7 Å². The van der Waals surface area contributed by atoms with E-state index in [1.165, 1.54) is 12.3 Å². The maximum absolute atomic E-state index is 13.0. The highest BCUT2D eigenvalue weighted by Crippen LogP contribution is 2.34. The second-order valence-electron chi connectivity index (χ2n) is 6.58. The number of aliphatic imine (C=N–C) groups is 1. The zero-order valence-corrected chi connectivity index (χ0v) is 19.6. The van der Waals surface area contributed by atoms with Gasteiger partial charge in [0.05, 0.1) is 12.6 Å². The van der Waals surface area contributed by atoms with Crippen LogP contribution in [0.5, 0.6) is 5.88 Å². The molecule has 2 rings (SSSR count). The van der Waals surface area contributed by atoms with Crippen molar-refractivity contribution in [2.75, 3.05) is 53.6 Å². The van der Waals surface area contributed by atoms with Gasteiger partial charge in [0.1, 0.15) is 12.2 Å². The van der Waals surface area contributed by atoms with Crippen LogP contribution in [0.3, 0.4) is 0 Å². The van der Waals surface area contributed by atoms with Gasteiger partial charge in [-0.25, -0.2) is 4.98 Å². The first-order valence-electron chi connectivity index (χ1n) is 9.67. The molecule has 7 nitrogen and oxygen atoms in total. The Bertz CT molecular complexity index is 642. The third-order valence-electron chi connectivity index (χ3n) is 4.50. The maximum Gasteiger partial charge on any atom is 0.421 e. The summed E-state index contributed by atoms with van der Waals surface area (Å²) in [7, 11) is 3.35. The number of pyridine rings is 1. The lowest BCUT2D eigenvalue weighted by molar-refractivity contribution is -0.139. The molecule has 1 N–H and O–H groups in total. The van der Waals surface area contributed by atoms with Gasteiger partial charge in [0.2, 0.25) is 5.88 Å². The van der Waals surface area contributed by atoms with Crippen LogP contribution in [0.15, 0.2) is 23.3 Å². The van der Waals surface area contributed by atoms with Crippen LogP contribution in [0.4, 0.5) is 13.2 Å². The Morgan fingerprint density at radius 1 is 1.27 bits per heavy atom. The van der Waals surface area contributed by atoms with Crippen molar-refractivity contribution in [2.24, 2.45) is 4.99 Å². The summed E-state index contributed by atoms with van der Waals surface area (Å²) >= 11 is 0. The van der Waals surface area contributed by atoms with E-state index in [-0.39, 0.29) is 36.7 Å². The molecule has 11 heteroatoms. The predicted octanol–water partition coefficient (Wildman–Crippen LogP) is 3.19. The summed E-state index contributed by atoms with van der Waals surface area (Å²) in [5.41, 5.74) is -0.878. The lowest BCUT2D eigenvalue weighted by atomic mass is 10.1. The van der Waals surface area contributed by atoms with Gasteiger partial charge >= 0.3 is 6.18 Å². The van der Waals surface area contributed by atoms with Crippen LogP contribution < -0.4 is 10.1 Å². The van der Waals surface area contributed by atoms with Crippen LogP contribution in [-0.4, -0.2) is 75.6 Å². The monoisotopic (exact) mass is 546 g/mol. The Morgan fingerprint density at radius 3 is 2.63 bits per heavy atom. The van der Waals surface area contributed by atoms with Crippen LogP contribution in [-0.2, 0) is 15.7 Å². The molecule has 2 heterocycles. The molecule has 0 amide bonds. The molecule has 1 aliphatic heterocycles. The van der Waals surface area contributed by atoms with Crippen molar-refractivity contribution in [1.82, 2.24) is 15.2 Å². The fraction of sp³-hybridized carbons (Fsp3) is 0.684. The van der Waals surface area contributed by atoms with Crippen molar-refractivity contribution in [2.45, 2.75) is 31.5 Å². The van der Waals surface area contributed by atoms with Gasteiger partial charge in [0.25, 0.3) is 0 Å². The highest BCUT2D eigenvalue weighted by atomic mass is 127. The highest BCUT2D eigenvalue weighted by molar-refractivity contribution is 14.0. The first kappa shape index (κ1) is 26.7. The predicted molar refractivity (Wildman–Crippen MR) is 119 cm³/mol. The number of aromatic nitrogens is 1. The smallest absolute Gasteiger partial charge is 0.421 e. The second kappa shape index (κ2) is 13.9. The highest BCUT2D eigenvalue weighted by Gasteiger charge is 2.35. The zero-order chi connectivity index (χ0) is 21.1. The summed E-state index contributed by atoms with van der Waals surface area (Å²) in [5, 5.41) is 3.13. The third-order valence-corrected chi connectivity index (χ3v) is 4.50. The van der Waals surface area contributed by atoms with Gasteiger partial charge in [-0.15, -0.1) is 24.0 Å². The molecule has 0 unspecified atom stereocenters. The topological polar surface area (TPSA) is 68.2 Å². The van der Waals surface area contributed by atoms with E-state index in [2.05, 4.69) is 20.2 Å². The van der Waals surface area contributed by atoms with Crippen LogP contribution in [0, 0.1) is 0 Å². The first-order valence-corrected chi connectivity index (χ1v) is 9.67.